The molecule has 3 N–H and O–H groups in total. The first-order chi connectivity index (χ1) is 17.6. The van der Waals surface area contributed by atoms with E-state index in [9.17, 15) is 14.7 Å². The van der Waals surface area contributed by atoms with E-state index < -0.39 is 5.56 Å². The molecule has 2 aliphatic rings. The highest BCUT2D eigenvalue weighted by Crippen LogP contribution is 2.40. The average molecular weight is 501 g/mol. The normalized spacial score (nSPS) is 14.9. The van der Waals surface area contributed by atoms with Crippen LogP contribution in [0.5, 0.6) is 0 Å². The van der Waals surface area contributed by atoms with Crippen LogP contribution in [0.25, 0.3) is 11.3 Å². The first kappa shape index (κ1) is 22.6. The number of hydrogen-bond acceptors (Lipinski definition) is 8. The van der Waals surface area contributed by atoms with Crippen LogP contribution in [0.4, 0.5) is 17.2 Å². The monoisotopic (exact) mass is 500 g/mol. The number of rotatable bonds is 5. The van der Waals surface area contributed by atoms with E-state index in [0.717, 1.165) is 24.1 Å². The first-order valence-corrected chi connectivity index (χ1v) is 12.8. The molecule has 0 radical (unpaired) electrons. The van der Waals surface area contributed by atoms with Crippen molar-refractivity contribution in [1.82, 2.24) is 20.2 Å². The molecule has 182 valence electrons. The molecule has 0 bridgehead atoms. The minimum absolute atomic E-state index is 0.0111. The number of aromatic nitrogens is 4. The van der Waals surface area contributed by atoms with Crippen molar-refractivity contribution in [1.29, 1.82) is 0 Å². The number of aliphatic hydroxyl groups excluding tert-OH is 1. The summed E-state index contributed by atoms with van der Waals surface area (Å²) >= 11 is 1.64. The first-order valence-electron chi connectivity index (χ1n) is 11.9. The number of aromatic amines is 1. The van der Waals surface area contributed by atoms with E-state index in [-0.39, 0.29) is 18.2 Å². The number of fused-ring (bicyclic) bond motifs is 3. The van der Waals surface area contributed by atoms with Crippen LogP contribution >= 0.6 is 11.3 Å². The standard InChI is InChI=1S/C26H24N6O3S/c33-13-18-15(19-12-20(25(34)31-30-19)29-23-8-10-27-14-28-23)5-3-6-21(18)32-11-9-17-16-4-1-2-7-22(16)36-24(17)26(32)35/h3,5-6,8,10,12,14,33H,1-2,4,7,9,11,13H2,(H,31,34)(H,27,28,29,30). The Bertz CT molecular complexity index is 1510. The molecule has 0 spiro atoms. The van der Waals surface area contributed by atoms with Crippen molar-refractivity contribution in [2.75, 3.05) is 16.8 Å². The molecule has 1 amide bonds. The van der Waals surface area contributed by atoms with Crippen LogP contribution in [0.2, 0.25) is 0 Å². The van der Waals surface area contributed by atoms with E-state index in [1.54, 1.807) is 34.6 Å². The van der Waals surface area contributed by atoms with Crippen molar-refractivity contribution in [2.24, 2.45) is 0 Å². The molecular formula is C26H24N6O3S. The van der Waals surface area contributed by atoms with Gasteiger partial charge in [-0.15, -0.1) is 11.3 Å². The molecule has 1 aliphatic carbocycles. The van der Waals surface area contributed by atoms with E-state index in [1.807, 2.05) is 18.2 Å². The number of amides is 1. The molecule has 0 unspecified atom stereocenters. The molecule has 0 atom stereocenters. The van der Waals surface area contributed by atoms with Crippen LogP contribution in [0.15, 0.2) is 47.7 Å². The summed E-state index contributed by atoms with van der Waals surface area (Å²) < 4.78 is 0. The predicted octanol–water partition coefficient (Wildman–Crippen LogP) is 3.61. The largest absolute Gasteiger partial charge is 0.392 e. The molecule has 6 rings (SSSR count). The molecule has 0 fully saturated rings. The number of benzene rings is 1. The summed E-state index contributed by atoms with van der Waals surface area (Å²) in [5, 5.41) is 20.1. The third kappa shape index (κ3) is 3.88. The number of H-pyrrole nitrogens is 1. The molecule has 4 aromatic rings. The van der Waals surface area contributed by atoms with Gasteiger partial charge < -0.3 is 15.3 Å². The number of anilines is 3. The number of thiophene rings is 1. The van der Waals surface area contributed by atoms with Gasteiger partial charge in [-0.1, -0.05) is 12.1 Å². The van der Waals surface area contributed by atoms with Crippen LogP contribution in [0, 0.1) is 0 Å². The van der Waals surface area contributed by atoms with Crippen LogP contribution in [0.1, 0.15) is 44.1 Å². The summed E-state index contributed by atoms with van der Waals surface area (Å²) in [5.41, 5.74) is 4.83. The number of nitrogens with zero attached hydrogens (tertiary/aromatic N) is 4. The Labute approximate surface area is 210 Å². The Morgan fingerprint density at radius 1 is 1.11 bits per heavy atom. The number of carbonyl (C=O) groups is 1. The quantitative estimate of drug-likeness (QED) is 0.382. The zero-order valence-electron chi connectivity index (χ0n) is 19.5. The number of carbonyl (C=O) groups excluding carboxylic acids is 1. The van der Waals surface area contributed by atoms with Gasteiger partial charge in [-0.2, -0.15) is 5.10 Å². The fourth-order valence-electron chi connectivity index (χ4n) is 5.12. The van der Waals surface area contributed by atoms with Gasteiger partial charge in [0.1, 0.15) is 17.8 Å². The molecule has 9 nitrogen and oxygen atoms in total. The predicted molar refractivity (Wildman–Crippen MR) is 138 cm³/mol. The van der Waals surface area contributed by atoms with Crippen LogP contribution in [-0.4, -0.2) is 37.7 Å². The van der Waals surface area contributed by atoms with Crippen molar-refractivity contribution in [3.8, 4) is 11.3 Å². The van der Waals surface area contributed by atoms with Crippen LogP contribution in [-0.2, 0) is 25.9 Å². The van der Waals surface area contributed by atoms with Gasteiger partial charge >= 0.3 is 0 Å². The summed E-state index contributed by atoms with van der Waals surface area (Å²) in [7, 11) is 0. The lowest BCUT2D eigenvalue weighted by Gasteiger charge is -2.30. The van der Waals surface area contributed by atoms with Crippen molar-refractivity contribution in [3.63, 3.8) is 0 Å². The summed E-state index contributed by atoms with van der Waals surface area (Å²) in [6.07, 6.45) is 8.26. The lowest BCUT2D eigenvalue weighted by Crippen LogP contribution is -2.37. The second-order valence-electron chi connectivity index (χ2n) is 8.90. The smallest absolute Gasteiger partial charge is 0.287 e. The second kappa shape index (κ2) is 9.29. The molecule has 1 aliphatic heterocycles. The van der Waals surface area contributed by atoms with Crippen molar-refractivity contribution in [3.05, 3.63) is 79.7 Å². The zero-order chi connectivity index (χ0) is 24.6. The molecule has 3 aromatic heterocycles. The molecule has 4 heterocycles. The lowest BCUT2D eigenvalue weighted by atomic mass is 9.91. The van der Waals surface area contributed by atoms with Crippen molar-refractivity contribution < 1.29 is 9.90 Å². The summed E-state index contributed by atoms with van der Waals surface area (Å²) in [6, 6.07) is 8.79. The minimum atomic E-state index is -0.403. The lowest BCUT2D eigenvalue weighted by molar-refractivity contribution is 0.0984. The van der Waals surface area contributed by atoms with Gasteiger partial charge in [0.05, 0.1) is 22.9 Å². The maximum atomic E-state index is 13.6. The molecule has 0 saturated heterocycles. The fourth-order valence-corrected chi connectivity index (χ4v) is 6.51. The van der Waals surface area contributed by atoms with E-state index >= 15 is 0 Å². The van der Waals surface area contributed by atoms with Gasteiger partial charge in [0.25, 0.3) is 11.5 Å². The minimum Gasteiger partial charge on any atom is -0.392 e. The summed E-state index contributed by atoms with van der Waals surface area (Å²) in [6.45, 7) is 0.281. The second-order valence-corrected chi connectivity index (χ2v) is 10.0. The molecular weight excluding hydrogens is 476 g/mol. The number of aryl methyl sites for hydroxylation is 1. The third-order valence-electron chi connectivity index (χ3n) is 6.83. The summed E-state index contributed by atoms with van der Waals surface area (Å²) in [5.74, 6) is 0.459. The fraction of sp³-hybridized carbons (Fsp3) is 0.269. The van der Waals surface area contributed by atoms with Gasteiger partial charge in [0.15, 0.2) is 0 Å². The van der Waals surface area contributed by atoms with Crippen LogP contribution in [0.3, 0.4) is 0 Å². The Morgan fingerprint density at radius 3 is 2.83 bits per heavy atom. The maximum absolute atomic E-state index is 13.6. The van der Waals surface area contributed by atoms with Crippen LogP contribution < -0.4 is 15.8 Å². The van der Waals surface area contributed by atoms with Gasteiger partial charge in [0, 0.05) is 28.7 Å². The average Bonchev–Trinajstić information content (AvgIpc) is 3.30. The SMILES string of the molecule is O=C1c2sc3c(c2CCN1c1cccc(-c2cc(Nc4ccncn4)c(=O)[nH]n2)c1CO)CCCC3. The Balaban J connectivity index is 1.37. The van der Waals surface area contributed by atoms with E-state index in [1.165, 1.54) is 35.2 Å². The highest BCUT2D eigenvalue weighted by molar-refractivity contribution is 7.14. The number of hydrogen-bond donors (Lipinski definition) is 3. The van der Waals surface area contributed by atoms with E-state index in [4.69, 9.17) is 0 Å². The Kier molecular flexibility index (Phi) is 5.82. The Hall–Kier alpha value is -3.89. The molecule has 1 aromatic carbocycles. The van der Waals surface area contributed by atoms with E-state index in [0.29, 0.717) is 34.9 Å². The van der Waals surface area contributed by atoms with Gasteiger partial charge in [-0.3, -0.25) is 9.59 Å². The highest BCUT2D eigenvalue weighted by atomic mass is 32.1. The van der Waals surface area contributed by atoms with Crippen molar-refractivity contribution in [2.45, 2.75) is 38.7 Å². The van der Waals surface area contributed by atoms with Gasteiger partial charge in [-0.05, 0) is 61.4 Å². The maximum Gasteiger partial charge on any atom is 0.287 e. The molecule has 10 heteroatoms. The summed E-state index contributed by atoms with van der Waals surface area (Å²) in [4.78, 5) is 38.0. The highest BCUT2D eigenvalue weighted by Gasteiger charge is 2.33. The zero-order valence-corrected chi connectivity index (χ0v) is 20.3. The molecule has 0 saturated carbocycles. The van der Waals surface area contributed by atoms with E-state index in [2.05, 4.69) is 25.5 Å². The van der Waals surface area contributed by atoms with Gasteiger partial charge in [-0.25, -0.2) is 15.1 Å². The Morgan fingerprint density at radius 2 is 2.00 bits per heavy atom. The third-order valence-corrected chi connectivity index (χ3v) is 8.15. The number of nitrogens with one attached hydrogen (secondary N) is 2. The molecule has 36 heavy (non-hydrogen) atoms. The number of aliphatic hydroxyl groups is 1. The van der Waals surface area contributed by atoms with Crippen molar-refractivity contribution >= 4 is 34.4 Å². The van der Waals surface area contributed by atoms with Gasteiger partial charge in [0.2, 0.25) is 0 Å². The topological polar surface area (TPSA) is 124 Å².